The minimum Gasteiger partial charge on any atom is -0.345 e. The van der Waals surface area contributed by atoms with Gasteiger partial charge in [-0.15, -0.1) is 0 Å². The van der Waals surface area contributed by atoms with Crippen molar-refractivity contribution < 1.29 is 9.59 Å². The zero-order valence-corrected chi connectivity index (χ0v) is 19.0. The van der Waals surface area contributed by atoms with E-state index >= 15 is 0 Å². The van der Waals surface area contributed by atoms with E-state index < -0.39 is 0 Å². The number of pyridine rings is 1. The van der Waals surface area contributed by atoms with Crippen LogP contribution in [0, 0.1) is 5.92 Å². The molecule has 1 atom stereocenters. The van der Waals surface area contributed by atoms with Crippen LogP contribution in [0.1, 0.15) is 48.7 Å². The van der Waals surface area contributed by atoms with Crippen LogP contribution in [0.3, 0.4) is 0 Å². The first-order valence-corrected chi connectivity index (χ1v) is 11.2. The lowest BCUT2D eigenvalue weighted by atomic mass is 10.1. The Bertz CT molecular complexity index is 1110. The first kappa shape index (κ1) is 22.0. The third kappa shape index (κ3) is 5.17. The minimum atomic E-state index is -0.175. The summed E-state index contributed by atoms with van der Waals surface area (Å²) in [6.45, 7) is 4.22. The Hall–Kier alpha value is -3.18. The molecule has 1 aliphatic carbocycles. The minimum absolute atomic E-state index is 0.00947. The summed E-state index contributed by atoms with van der Waals surface area (Å²) in [5.74, 6) is 0.385. The van der Waals surface area contributed by atoms with Crippen molar-refractivity contribution in [2.75, 3.05) is 11.4 Å². The van der Waals surface area contributed by atoms with Crippen LogP contribution in [-0.4, -0.2) is 23.3 Å². The summed E-state index contributed by atoms with van der Waals surface area (Å²) in [5, 5.41) is 3.51. The average molecular weight is 448 g/mol. The number of halogens is 1. The van der Waals surface area contributed by atoms with E-state index in [1.807, 2.05) is 55.5 Å². The maximum atomic E-state index is 12.6. The molecule has 1 aliphatic rings. The van der Waals surface area contributed by atoms with Crippen molar-refractivity contribution in [1.29, 1.82) is 0 Å². The van der Waals surface area contributed by atoms with Crippen LogP contribution in [0.5, 0.6) is 0 Å². The van der Waals surface area contributed by atoms with Crippen molar-refractivity contribution >= 4 is 29.1 Å². The second-order valence-corrected chi connectivity index (χ2v) is 8.68. The Morgan fingerprint density at radius 3 is 2.47 bits per heavy atom. The van der Waals surface area contributed by atoms with E-state index in [9.17, 15) is 9.59 Å². The summed E-state index contributed by atoms with van der Waals surface area (Å²) >= 11 is 6.53. The van der Waals surface area contributed by atoms with Crippen molar-refractivity contribution in [3.05, 3.63) is 83.0 Å². The number of carbonyl (C=O) groups is 2. The number of anilines is 1. The van der Waals surface area contributed by atoms with Crippen LogP contribution in [0.2, 0.25) is 5.02 Å². The van der Waals surface area contributed by atoms with Gasteiger partial charge in [-0.1, -0.05) is 48.0 Å². The molecule has 1 N–H and O–H groups in total. The standard InChI is InChI=1S/C26H26ClN3O2/c1-17(20-6-4-3-5-7-20)29-26(32)22-10-12-24(28-15-22)21-11-13-25(23(27)14-21)30(18(2)31)16-19-8-9-19/h3-7,10-15,17,19H,8-9,16H2,1-2H3,(H,29,32). The van der Waals surface area contributed by atoms with Crippen molar-refractivity contribution in [2.45, 2.75) is 32.7 Å². The number of rotatable bonds is 7. The highest BCUT2D eigenvalue weighted by Crippen LogP contribution is 2.35. The van der Waals surface area contributed by atoms with E-state index in [4.69, 9.17) is 11.6 Å². The fraction of sp³-hybridized carbons (Fsp3) is 0.269. The Morgan fingerprint density at radius 2 is 1.88 bits per heavy atom. The van der Waals surface area contributed by atoms with Gasteiger partial charge in [0.1, 0.15) is 0 Å². The van der Waals surface area contributed by atoms with Crippen LogP contribution in [0.25, 0.3) is 11.3 Å². The molecule has 1 unspecified atom stereocenters. The molecule has 2 amide bonds. The molecular weight excluding hydrogens is 422 g/mol. The molecule has 32 heavy (non-hydrogen) atoms. The first-order chi connectivity index (χ1) is 15.4. The Morgan fingerprint density at radius 1 is 1.12 bits per heavy atom. The van der Waals surface area contributed by atoms with Gasteiger partial charge < -0.3 is 10.2 Å². The van der Waals surface area contributed by atoms with Gasteiger partial charge in [0, 0.05) is 25.2 Å². The van der Waals surface area contributed by atoms with Gasteiger partial charge in [-0.2, -0.15) is 0 Å². The number of nitrogens with one attached hydrogen (secondary N) is 1. The monoisotopic (exact) mass is 447 g/mol. The maximum absolute atomic E-state index is 12.6. The van der Waals surface area contributed by atoms with E-state index in [2.05, 4.69) is 10.3 Å². The molecule has 1 saturated carbocycles. The smallest absolute Gasteiger partial charge is 0.253 e. The van der Waals surface area contributed by atoms with Crippen molar-refractivity contribution in [2.24, 2.45) is 5.92 Å². The summed E-state index contributed by atoms with van der Waals surface area (Å²) in [6.07, 6.45) is 3.89. The Kier molecular flexibility index (Phi) is 6.56. The van der Waals surface area contributed by atoms with E-state index in [0.717, 1.165) is 29.7 Å². The van der Waals surface area contributed by atoms with E-state index in [0.29, 0.717) is 28.7 Å². The second kappa shape index (κ2) is 9.53. The lowest BCUT2D eigenvalue weighted by Gasteiger charge is -2.22. The largest absolute Gasteiger partial charge is 0.345 e. The summed E-state index contributed by atoms with van der Waals surface area (Å²) in [4.78, 5) is 30.9. The number of aromatic nitrogens is 1. The lowest BCUT2D eigenvalue weighted by molar-refractivity contribution is -0.116. The van der Waals surface area contributed by atoms with Crippen LogP contribution < -0.4 is 10.2 Å². The van der Waals surface area contributed by atoms with Crippen molar-refractivity contribution in [3.63, 3.8) is 0 Å². The molecule has 6 heteroatoms. The van der Waals surface area contributed by atoms with Gasteiger partial charge in [0.05, 0.1) is 28.0 Å². The molecule has 164 valence electrons. The Balaban J connectivity index is 1.47. The van der Waals surface area contributed by atoms with Gasteiger partial charge in [-0.25, -0.2) is 0 Å². The van der Waals surface area contributed by atoms with Crippen LogP contribution in [0.15, 0.2) is 66.9 Å². The fourth-order valence-corrected chi connectivity index (χ4v) is 3.93. The van der Waals surface area contributed by atoms with Gasteiger partial charge in [0.2, 0.25) is 5.91 Å². The molecule has 1 fully saturated rings. The fourth-order valence-electron chi connectivity index (χ4n) is 3.64. The molecule has 0 saturated heterocycles. The number of carbonyl (C=O) groups excluding carboxylic acids is 2. The molecule has 5 nitrogen and oxygen atoms in total. The Labute approximate surface area is 193 Å². The van der Waals surface area contributed by atoms with E-state index in [1.165, 1.54) is 0 Å². The molecule has 1 aromatic heterocycles. The molecule has 0 bridgehead atoms. The predicted molar refractivity (Wildman–Crippen MR) is 128 cm³/mol. The zero-order valence-electron chi connectivity index (χ0n) is 18.2. The zero-order chi connectivity index (χ0) is 22.7. The maximum Gasteiger partial charge on any atom is 0.253 e. The third-order valence-corrected chi connectivity index (χ3v) is 6.03. The van der Waals surface area contributed by atoms with Crippen molar-refractivity contribution in [1.82, 2.24) is 10.3 Å². The molecule has 0 spiro atoms. The van der Waals surface area contributed by atoms with Crippen LogP contribution >= 0.6 is 11.6 Å². The highest BCUT2D eigenvalue weighted by Gasteiger charge is 2.27. The molecule has 4 rings (SSSR count). The molecule has 2 aromatic carbocycles. The number of nitrogens with zero attached hydrogens (tertiary/aromatic N) is 2. The summed E-state index contributed by atoms with van der Waals surface area (Å²) in [5.41, 5.74) is 3.80. The van der Waals surface area contributed by atoms with Gasteiger partial charge in [0.15, 0.2) is 0 Å². The summed E-state index contributed by atoms with van der Waals surface area (Å²) in [7, 11) is 0. The summed E-state index contributed by atoms with van der Waals surface area (Å²) in [6, 6.07) is 18.9. The molecule has 3 aromatic rings. The number of amides is 2. The highest BCUT2D eigenvalue weighted by molar-refractivity contribution is 6.34. The number of hydrogen-bond acceptors (Lipinski definition) is 3. The molecule has 0 radical (unpaired) electrons. The topological polar surface area (TPSA) is 62.3 Å². The van der Waals surface area contributed by atoms with Gasteiger partial charge >= 0.3 is 0 Å². The van der Waals surface area contributed by atoms with Crippen molar-refractivity contribution in [3.8, 4) is 11.3 Å². The van der Waals surface area contributed by atoms with Crippen LogP contribution in [0.4, 0.5) is 5.69 Å². The normalized spacial score (nSPS) is 14.0. The lowest BCUT2D eigenvalue weighted by Crippen LogP contribution is -2.30. The van der Waals surface area contributed by atoms with Crippen LogP contribution in [-0.2, 0) is 4.79 Å². The molecule has 1 heterocycles. The SMILES string of the molecule is CC(=O)N(CC1CC1)c1ccc(-c2ccc(C(=O)NC(C)c3ccccc3)cn2)cc1Cl. The number of hydrogen-bond donors (Lipinski definition) is 1. The third-order valence-electron chi connectivity index (χ3n) is 5.72. The molecular formula is C26H26ClN3O2. The second-order valence-electron chi connectivity index (χ2n) is 8.28. The summed E-state index contributed by atoms with van der Waals surface area (Å²) < 4.78 is 0. The average Bonchev–Trinajstić information content (AvgIpc) is 3.62. The first-order valence-electron chi connectivity index (χ1n) is 10.8. The predicted octanol–water partition coefficient (Wildman–Crippen LogP) is 5.66. The van der Waals surface area contributed by atoms with E-state index in [1.54, 1.807) is 30.2 Å². The quantitative estimate of drug-likeness (QED) is 0.508. The number of benzene rings is 2. The van der Waals surface area contributed by atoms with E-state index in [-0.39, 0.29) is 17.9 Å². The molecule has 0 aliphatic heterocycles. The highest BCUT2D eigenvalue weighted by atomic mass is 35.5. The van der Waals surface area contributed by atoms with Gasteiger partial charge in [-0.3, -0.25) is 14.6 Å². The van der Waals surface area contributed by atoms with Gasteiger partial charge in [0.25, 0.3) is 5.91 Å². The van der Waals surface area contributed by atoms with Gasteiger partial charge in [-0.05, 0) is 55.5 Å².